The van der Waals surface area contributed by atoms with Crippen LogP contribution in [0, 0.1) is 6.92 Å². The summed E-state index contributed by atoms with van der Waals surface area (Å²) in [6.45, 7) is 3.21. The SMILES string of the molecule is Cc1cccnc1CSc1nnnn1CCN. The van der Waals surface area contributed by atoms with Crippen molar-refractivity contribution in [2.45, 2.75) is 24.4 Å². The van der Waals surface area contributed by atoms with Crippen LogP contribution in [0.4, 0.5) is 0 Å². The van der Waals surface area contributed by atoms with Crippen molar-refractivity contribution in [3.05, 3.63) is 29.6 Å². The fraction of sp³-hybridized carbons (Fsp3) is 0.400. The van der Waals surface area contributed by atoms with Crippen LogP contribution < -0.4 is 5.73 Å². The van der Waals surface area contributed by atoms with Crippen molar-refractivity contribution in [1.29, 1.82) is 0 Å². The topological polar surface area (TPSA) is 82.5 Å². The molecule has 0 aliphatic heterocycles. The van der Waals surface area contributed by atoms with E-state index in [1.807, 2.05) is 19.1 Å². The molecule has 17 heavy (non-hydrogen) atoms. The molecule has 6 nitrogen and oxygen atoms in total. The summed E-state index contributed by atoms with van der Waals surface area (Å²) < 4.78 is 1.71. The molecule has 0 unspecified atom stereocenters. The van der Waals surface area contributed by atoms with Gasteiger partial charge in [0.1, 0.15) is 0 Å². The largest absolute Gasteiger partial charge is 0.329 e. The molecule has 2 N–H and O–H groups in total. The van der Waals surface area contributed by atoms with Crippen molar-refractivity contribution in [2.75, 3.05) is 6.54 Å². The summed E-state index contributed by atoms with van der Waals surface area (Å²) in [6.07, 6.45) is 1.80. The minimum atomic E-state index is 0.529. The number of aryl methyl sites for hydroxylation is 1. The molecule has 7 heteroatoms. The van der Waals surface area contributed by atoms with Crippen LogP contribution in [0.5, 0.6) is 0 Å². The van der Waals surface area contributed by atoms with Crippen LogP contribution in [0.3, 0.4) is 0 Å². The molecule has 0 saturated heterocycles. The van der Waals surface area contributed by atoms with E-state index in [0.29, 0.717) is 13.1 Å². The third-order valence-corrected chi connectivity index (χ3v) is 3.26. The zero-order chi connectivity index (χ0) is 12.1. The average Bonchev–Trinajstić information content (AvgIpc) is 2.76. The van der Waals surface area contributed by atoms with Crippen LogP contribution in [0.1, 0.15) is 11.3 Å². The number of hydrogen-bond acceptors (Lipinski definition) is 6. The molecule has 2 aromatic heterocycles. The van der Waals surface area contributed by atoms with Gasteiger partial charge in [0.25, 0.3) is 0 Å². The highest BCUT2D eigenvalue weighted by atomic mass is 32.2. The molecule has 90 valence electrons. The third-order valence-electron chi connectivity index (χ3n) is 2.30. The lowest BCUT2D eigenvalue weighted by atomic mass is 10.2. The number of nitrogens with zero attached hydrogens (tertiary/aromatic N) is 5. The summed E-state index contributed by atoms with van der Waals surface area (Å²) in [5, 5.41) is 12.3. The highest BCUT2D eigenvalue weighted by molar-refractivity contribution is 7.98. The number of pyridine rings is 1. The van der Waals surface area contributed by atoms with E-state index in [9.17, 15) is 0 Å². The van der Waals surface area contributed by atoms with E-state index in [2.05, 4.69) is 20.5 Å². The maximum absolute atomic E-state index is 5.48. The second kappa shape index (κ2) is 5.74. The van der Waals surface area contributed by atoms with E-state index >= 15 is 0 Å². The number of tetrazole rings is 1. The van der Waals surface area contributed by atoms with Gasteiger partial charge >= 0.3 is 0 Å². The lowest BCUT2D eigenvalue weighted by molar-refractivity contribution is 0.557. The number of hydrogen-bond donors (Lipinski definition) is 1. The van der Waals surface area contributed by atoms with Gasteiger partial charge in [0, 0.05) is 18.5 Å². The van der Waals surface area contributed by atoms with Crippen LogP contribution in [-0.2, 0) is 12.3 Å². The van der Waals surface area contributed by atoms with Crippen molar-refractivity contribution in [3.63, 3.8) is 0 Å². The normalized spacial score (nSPS) is 10.7. The summed E-state index contributed by atoms with van der Waals surface area (Å²) in [4.78, 5) is 4.33. The van der Waals surface area contributed by atoms with Gasteiger partial charge in [-0.3, -0.25) is 4.98 Å². The molecule has 0 aliphatic carbocycles. The molecular weight excluding hydrogens is 236 g/mol. The predicted molar refractivity (Wildman–Crippen MR) is 65.4 cm³/mol. The molecular formula is C10H14N6S. The van der Waals surface area contributed by atoms with Crippen LogP contribution in [0.25, 0.3) is 0 Å². The van der Waals surface area contributed by atoms with Crippen molar-refractivity contribution in [1.82, 2.24) is 25.2 Å². The fourth-order valence-corrected chi connectivity index (χ4v) is 2.30. The van der Waals surface area contributed by atoms with Gasteiger partial charge in [-0.05, 0) is 29.0 Å². The van der Waals surface area contributed by atoms with Crippen LogP contribution in [0.2, 0.25) is 0 Å². The smallest absolute Gasteiger partial charge is 0.209 e. The van der Waals surface area contributed by atoms with Gasteiger partial charge < -0.3 is 5.73 Å². The lowest BCUT2D eigenvalue weighted by Gasteiger charge is -2.04. The lowest BCUT2D eigenvalue weighted by Crippen LogP contribution is -2.12. The third kappa shape index (κ3) is 3.01. The van der Waals surface area contributed by atoms with Crippen LogP contribution in [0.15, 0.2) is 23.5 Å². The Kier molecular flexibility index (Phi) is 4.05. The van der Waals surface area contributed by atoms with Gasteiger partial charge in [0.05, 0.1) is 12.2 Å². The number of nitrogens with two attached hydrogens (primary N) is 1. The maximum Gasteiger partial charge on any atom is 0.209 e. The summed E-state index contributed by atoms with van der Waals surface area (Å²) in [6, 6.07) is 3.98. The molecule has 0 fully saturated rings. The maximum atomic E-state index is 5.48. The minimum Gasteiger partial charge on any atom is -0.329 e. The first-order valence-corrected chi connectivity index (χ1v) is 6.29. The first-order valence-electron chi connectivity index (χ1n) is 5.31. The molecule has 0 radical (unpaired) electrons. The Bertz CT molecular complexity index is 483. The van der Waals surface area contributed by atoms with E-state index < -0.39 is 0 Å². The van der Waals surface area contributed by atoms with Gasteiger partial charge in [0.2, 0.25) is 5.16 Å². The van der Waals surface area contributed by atoms with Crippen molar-refractivity contribution in [2.24, 2.45) is 5.73 Å². The van der Waals surface area contributed by atoms with Gasteiger partial charge in [-0.25, -0.2) is 4.68 Å². The van der Waals surface area contributed by atoms with E-state index in [0.717, 1.165) is 16.6 Å². The minimum absolute atomic E-state index is 0.529. The molecule has 0 aromatic carbocycles. The van der Waals surface area contributed by atoms with E-state index in [1.54, 1.807) is 22.6 Å². The standard InChI is InChI=1S/C10H14N6S/c1-8-3-2-5-12-9(8)7-17-10-13-14-15-16(10)6-4-11/h2-3,5H,4,6-7,11H2,1H3. The summed E-state index contributed by atoms with van der Waals surface area (Å²) in [5.41, 5.74) is 7.72. The van der Waals surface area contributed by atoms with Gasteiger partial charge in [-0.1, -0.05) is 17.8 Å². The Morgan fingerprint density at radius 1 is 1.47 bits per heavy atom. The number of aromatic nitrogens is 5. The Balaban J connectivity index is 2.02. The Morgan fingerprint density at radius 3 is 3.12 bits per heavy atom. The highest BCUT2D eigenvalue weighted by Gasteiger charge is 2.07. The highest BCUT2D eigenvalue weighted by Crippen LogP contribution is 2.20. The summed E-state index contributed by atoms with van der Waals surface area (Å²) >= 11 is 1.57. The second-order valence-electron chi connectivity index (χ2n) is 3.53. The summed E-state index contributed by atoms with van der Waals surface area (Å²) in [7, 11) is 0. The molecule has 0 atom stereocenters. The second-order valence-corrected chi connectivity index (χ2v) is 4.47. The predicted octanol–water partition coefficient (Wildman–Crippen LogP) is 0.628. The zero-order valence-electron chi connectivity index (χ0n) is 9.58. The number of rotatable bonds is 5. The first-order chi connectivity index (χ1) is 8.31. The molecule has 2 aromatic rings. The van der Waals surface area contributed by atoms with Gasteiger partial charge in [0.15, 0.2) is 0 Å². The Hall–Kier alpha value is -1.47. The molecule has 0 spiro atoms. The molecule has 0 aliphatic rings. The van der Waals surface area contributed by atoms with Gasteiger partial charge in [-0.15, -0.1) is 5.10 Å². The Labute approximate surface area is 104 Å². The van der Waals surface area contributed by atoms with Crippen LogP contribution in [-0.4, -0.2) is 31.7 Å². The average molecular weight is 250 g/mol. The molecule has 2 heterocycles. The van der Waals surface area contributed by atoms with Crippen molar-refractivity contribution in [3.8, 4) is 0 Å². The summed E-state index contributed by atoms with van der Waals surface area (Å²) in [5.74, 6) is 0.762. The zero-order valence-corrected chi connectivity index (χ0v) is 10.4. The molecule has 2 rings (SSSR count). The van der Waals surface area contributed by atoms with Crippen molar-refractivity contribution >= 4 is 11.8 Å². The molecule has 0 saturated carbocycles. The first kappa shape index (κ1) is 12.0. The van der Waals surface area contributed by atoms with Crippen LogP contribution >= 0.6 is 11.8 Å². The monoisotopic (exact) mass is 250 g/mol. The number of thioether (sulfide) groups is 1. The van der Waals surface area contributed by atoms with Crippen molar-refractivity contribution < 1.29 is 0 Å². The van der Waals surface area contributed by atoms with E-state index in [4.69, 9.17) is 5.73 Å². The van der Waals surface area contributed by atoms with Gasteiger partial charge in [-0.2, -0.15) is 0 Å². The quantitative estimate of drug-likeness (QED) is 0.784. The van der Waals surface area contributed by atoms with E-state index in [-0.39, 0.29) is 0 Å². The fourth-order valence-electron chi connectivity index (χ4n) is 1.36. The molecule has 0 bridgehead atoms. The van der Waals surface area contributed by atoms with E-state index in [1.165, 1.54) is 5.56 Å². The molecule has 0 amide bonds. The Morgan fingerprint density at radius 2 is 2.35 bits per heavy atom.